The van der Waals surface area contributed by atoms with Crippen LogP contribution in [0.2, 0.25) is 0 Å². The monoisotopic (exact) mass is 510 g/mol. The minimum Gasteiger partial charge on any atom is -0.493 e. The number of benzene rings is 3. The van der Waals surface area contributed by atoms with Crippen LogP contribution in [0.5, 0.6) is 5.75 Å². The molecule has 0 bridgehead atoms. The number of rotatable bonds is 7. The van der Waals surface area contributed by atoms with Crippen molar-refractivity contribution < 1.29 is 14.3 Å². The molecule has 1 atom stereocenters. The number of carbonyl (C=O) groups is 2. The maximum Gasteiger partial charge on any atom is 0.251 e. The fourth-order valence-electron chi connectivity index (χ4n) is 5.13. The van der Waals surface area contributed by atoms with Crippen LogP contribution >= 0.6 is 0 Å². The lowest BCUT2D eigenvalue weighted by Gasteiger charge is -2.42. The van der Waals surface area contributed by atoms with E-state index < -0.39 is 0 Å². The lowest BCUT2D eigenvalue weighted by Crippen LogP contribution is -2.61. The van der Waals surface area contributed by atoms with Crippen LogP contribution in [0.3, 0.4) is 0 Å². The minimum absolute atomic E-state index is 0.0239. The van der Waals surface area contributed by atoms with E-state index in [2.05, 4.69) is 24.5 Å². The van der Waals surface area contributed by atoms with Gasteiger partial charge in [0.1, 0.15) is 5.75 Å². The first kappa shape index (κ1) is 25.5. The molecule has 2 heterocycles. The van der Waals surface area contributed by atoms with Crippen molar-refractivity contribution in [3.63, 3.8) is 0 Å². The summed E-state index contributed by atoms with van der Waals surface area (Å²) in [6.45, 7) is 5.08. The molecule has 0 spiro atoms. The maximum absolute atomic E-state index is 13.4. The number of nitrogens with zero attached hydrogens (tertiary/aromatic N) is 2. The number of ether oxygens (including phenoxy) is 1. The Labute approximate surface area is 223 Å². The van der Waals surface area contributed by atoms with Gasteiger partial charge in [-0.1, -0.05) is 62.4 Å². The van der Waals surface area contributed by atoms with E-state index in [-0.39, 0.29) is 23.4 Å². The van der Waals surface area contributed by atoms with Crippen LogP contribution in [0.25, 0.3) is 0 Å². The van der Waals surface area contributed by atoms with Crippen LogP contribution < -0.4 is 15.4 Å². The zero-order chi connectivity index (χ0) is 26.5. The average Bonchev–Trinajstić information content (AvgIpc) is 2.95. The summed E-state index contributed by atoms with van der Waals surface area (Å²) < 4.78 is 5.73. The molecule has 0 saturated carbocycles. The number of para-hydroxylation sites is 2. The lowest BCUT2D eigenvalue weighted by atomic mass is 9.86. The predicted molar refractivity (Wildman–Crippen MR) is 148 cm³/mol. The highest BCUT2D eigenvalue weighted by molar-refractivity contribution is 6.01. The minimum atomic E-state index is -0.317. The number of hydrogen-bond acceptors (Lipinski definition) is 4. The molecule has 0 unspecified atom stereocenters. The van der Waals surface area contributed by atoms with Crippen LogP contribution in [0, 0.1) is 0 Å². The Morgan fingerprint density at radius 1 is 1.05 bits per heavy atom. The topological polar surface area (TPSA) is 83.0 Å². The quantitative estimate of drug-likeness (QED) is 0.439. The first-order valence-corrected chi connectivity index (χ1v) is 13.3. The molecular weight excluding hydrogens is 476 g/mol. The molecule has 7 heteroatoms. The van der Waals surface area contributed by atoms with Crippen molar-refractivity contribution in [2.45, 2.75) is 57.7 Å². The standard InChI is InChI=1S/C31H34N4O3/c1-3-31(4-2)20-28(36)35(30(34-31)32-24-13-6-5-7-14-24)21-22-11-10-12-23(19-22)29(37)33-26-17-18-38-27-16-9-8-15-25(26)27/h5-16,19,26H,3-4,17-18,20-21H2,1-2H3,(H,32,34)(H,33,37)/t26-/m1/s1. The van der Waals surface area contributed by atoms with Crippen LogP contribution in [0.1, 0.15) is 67.1 Å². The van der Waals surface area contributed by atoms with E-state index in [4.69, 9.17) is 9.73 Å². The van der Waals surface area contributed by atoms with E-state index in [1.54, 1.807) is 11.0 Å². The Morgan fingerprint density at radius 2 is 1.82 bits per heavy atom. The zero-order valence-corrected chi connectivity index (χ0v) is 21.9. The van der Waals surface area contributed by atoms with Crippen molar-refractivity contribution >= 4 is 23.5 Å². The average molecular weight is 511 g/mol. The third-order valence-electron chi connectivity index (χ3n) is 7.56. The molecule has 0 radical (unpaired) electrons. The third kappa shape index (κ3) is 5.42. The fourth-order valence-corrected chi connectivity index (χ4v) is 5.13. The highest BCUT2D eigenvalue weighted by Crippen LogP contribution is 2.32. The first-order chi connectivity index (χ1) is 18.5. The van der Waals surface area contributed by atoms with Gasteiger partial charge in [-0.3, -0.25) is 14.5 Å². The maximum atomic E-state index is 13.4. The van der Waals surface area contributed by atoms with Gasteiger partial charge in [0.2, 0.25) is 11.9 Å². The van der Waals surface area contributed by atoms with Crippen LogP contribution in [-0.4, -0.2) is 34.8 Å². The van der Waals surface area contributed by atoms with E-state index in [0.29, 0.717) is 37.5 Å². The van der Waals surface area contributed by atoms with Crippen LogP contribution in [0.15, 0.2) is 83.9 Å². The molecule has 0 aliphatic carbocycles. The number of nitrogens with one attached hydrogen (secondary N) is 2. The number of guanidine groups is 1. The van der Waals surface area contributed by atoms with Crippen LogP contribution in [-0.2, 0) is 11.3 Å². The number of carbonyl (C=O) groups excluding carboxylic acids is 2. The van der Waals surface area contributed by atoms with Gasteiger partial charge < -0.3 is 15.4 Å². The third-order valence-corrected chi connectivity index (χ3v) is 7.56. The molecule has 2 N–H and O–H groups in total. The Hall–Kier alpha value is -4.13. The number of aliphatic imine (C=N–C) groups is 1. The number of hydrogen-bond donors (Lipinski definition) is 2. The molecule has 2 amide bonds. The van der Waals surface area contributed by atoms with Gasteiger partial charge in [0.25, 0.3) is 5.91 Å². The molecule has 0 aromatic heterocycles. The smallest absolute Gasteiger partial charge is 0.251 e. The van der Waals surface area contributed by atoms with Crippen molar-refractivity contribution in [1.82, 2.24) is 15.5 Å². The summed E-state index contributed by atoms with van der Waals surface area (Å²) in [6, 6.07) is 24.8. The normalized spacial score (nSPS) is 19.3. The largest absolute Gasteiger partial charge is 0.493 e. The van der Waals surface area contributed by atoms with E-state index in [1.165, 1.54) is 0 Å². The lowest BCUT2D eigenvalue weighted by molar-refractivity contribution is -0.131. The molecule has 2 aliphatic heterocycles. The van der Waals surface area contributed by atoms with Crippen molar-refractivity contribution in [2.24, 2.45) is 4.99 Å². The molecule has 5 rings (SSSR count). The summed E-state index contributed by atoms with van der Waals surface area (Å²) in [7, 11) is 0. The second-order valence-corrected chi connectivity index (χ2v) is 9.94. The Balaban J connectivity index is 1.37. The van der Waals surface area contributed by atoms with Gasteiger partial charge in [0, 0.05) is 23.1 Å². The van der Waals surface area contributed by atoms with E-state index in [0.717, 1.165) is 35.4 Å². The highest BCUT2D eigenvalue weighted by Gasteiger charge is 2.39. The molecule has 3 aromatic rings. The second-order valence-electron chi connectivity index (χ2n) is 9.94. The summed E-state index contributed by atoms with van der Waals surface area (Å²) in [5.41, 5.74) is 2.87. The summed E-state index contributed by atoms with van der Waals surface area (Å²) >= 11 is 0. The van der Waals surface area contributed by atoms with E-state index in [9.17, 15) is 9.59 Å². The predicted octanol–water partition coefficient (Wildman–Crippen LogP) is 5.51. The summed E-state index contributed by atoms with van der Waals surface area (Å²) in [5.74, 6) is 1.24. The van der Waals surface area contributed by atoms with Crippen molar-refractivity contribution in [3.05, 3.63) is 95.6 Å². The van der Waals surface area contributed by atoms with E-state index >= 15 is 0 Å². The van der Waals surface area contributed by atoms with Gasteiger partial charge in [-0.15, -0.1) is 0 Å². The molecule has 1 saturated heterocycles. The fraction of sp³-hybridized carbons (Fsp3) is 0.323. The summed E-state index contributed by atoms with van der Waals surface area (Å²) in [5, 5.41) is 6.74. The van der Waals surface area contributed by atoms with Gasteiger partial charge in [0.05, 0.1) is 31.3 Å². The Kier molecular flexibility index (Phi) is 7.45. The Morgan fingerprint density at radius 3 is 2.61 bits per heavy atom. The van der Waals surface area contributed by atoms with Gasteiger partial charge in [-0.05, 0) is 48.7 Å². The second kappa shape index (κ2) is 11.1. The summed E-state index contributed by atoms with van der Waals surface area (Å²) in [4.78, 5) is 33.2. The van der Waals surface area contributed by atoms with Crippen LogP contribution in [0.4, 0.5) is 5.69 Å². The van der Waals surface area contributed by atoms with Gasteiger partial charge in [-0.2, -0.15) is 0 Å². The van der Waals surface area contributed by atoms with Crippen molar-refractivity contribution in [1.29, 1.82) is 0 Å². The molecule has 38 heavy (non-hydrogen) atoms. The zero-order valence-electron chi connectivity index (χ0n) is 21.9. The molecule has 196 valence electrons. The highest BCUT2D eigenvalue weighted by atomic mass is 16.5. The molecule has 1 fully saturated rings. The first-order valence-electron chi connectivity index (χ1n) is 13.3. The summed E-state index contributed by atoms with van der Waals surface area (Å²) in [6.07, 6.45) is 2.76. The van der Waals surface area contributed by atoms with E-state index in [1.807, 2.05) is 72.8 Å². The van der Waals surface area contributed by atoms with Gasteiger partial charge in [-0.25, -0.2) is 4.99 Å². The molecule has 2 aliphatic rings. The van der Waals surface area contributed by atoms with Gasteiger partial charge >= 0.3 is 0 Å². The van der Waals surface area contributed by atoms with Gasteiger partial charge in [0.15, 0.2) is 0 Å². The molecule has 7 nitrogen and oxygen atoms in total. The number of amides is 2. The Bertz CT molecular complexity index is 1330. The number of fused-ring (bicyclic) bond motifs is 1. The molecular formula is C31H34N4O3. The van der Waals surface area contributed by atoms with Crippen molar-refractivity contribution in [3.8, 4) is 5.75 Å². The molecule has 3 aromatic carbocycles. The SMILES string of the molecule is CCC1(CC)CC(=O)N(Cc2cccc(C(=O)N[C@@H]3CCOc4ccccc43)c2)/C(=N\c2ccccc2)N1. The van der Waals surface area contributed by atoms with Crippen molar-refractivity contribution in [2.75, 3.05) is 6.61 Å².